The van der Waals surface area contributed by atoms with Crippen molar-refractivity contribution in [3.63, 3.8) is 0 Å². The molecule has 3 aromatic heterocycles. The van der Waals surface area contributed by atoms with E-state index in [-0.39, 0.29) is 33.6 Å². The maximum atomic E-state index is 14.3. The number of thioether (sulfide) groups is 1. The van der Waals surface area contributed by atoms with Gasteiger partial charge < -0.3 is 9.73 Å². The highest BCUT2D eigenvalue weighted by molar-refractivity contribution is 8.14. The number of benzene rings is 1. The van der Waals surface area contributed by atoms with Crippen LogP contribution in [0.5, 0.6) is 0 Å². The van der Waals surface area contributed by atoms with Crippen LogP contribution in [0.25, 0.3) is 16.6 Å². The Morgan fingerprint density at radius 2 is 2.06 bits per heavy atom. The van der Waals surface area contributed by atoms with Crippen molar-refractivity contribution in [3.8, 4) is 0 Å². The van der Waals surface area contributed by atoms with Gasteiger partial charge in [-0.25, -0.2) is 13.9 Å². The Hall–Kier alpha value is -2.69. The van der Waals surface area contributed by atoms with E-state index in [1.165, 1.54) is 22.8 Å². The van der Waals surface area contributed by atoms with Gasteiger partial charge in [-0.2, -0.15) is 5.10 Å². The molecule has 0 radical (unpaired) electrons. The molecule has 1 aromatic carbocycles. The molecule has 172 valence electrons. The van der Waals surface area contributed by atoms with Gasteiger partial charge in [0, 0.05) is 25.9 Å². The molecule has 0 spiro atoms. The molecule has 1 N–H and O–H groups in total. The third kappa shape index (κ3) is 5.12. The first kappa shape index (κ1) is 23.5. The third-order valence-corrected chi connectivity index (χ3v) is 8.42. The monoisotopic (exact) mass is 504 g/mol. The molecule has 0 aliphatic heterocycles. The second-order valence-electron chi connectivity index (χ2n) is 8.74. The molecule has 0 aliphatic rings. The molecule has 11 heteroatoms. The number of furan rings is 1. The van der Waals surface area contributed by atoms with Crippen LogP contribution in [0.2, 0.25) is 30.7 Å². The first-order chi connectivity index (χ1) is 15.6. The summed E-state index contributed by atoms with van der Waals surface area (Å²) in [5.74, 6) is -0.0920. The number of nitrogens with one attached hydrogen (secondary N) is 1. The predicted molar refractivity (Wildman–Crippen MR) is 130 cm³/mol. The number of hydrogen-bond acceptors (Lipinski definition) is 6. The maximum Gasteiger partial charge on any atom is 0.257 e. The van der Waals surface area contributed by atoms with Gasteiger partial charge in [-0.15, -0.1) is 0 Å². The zero-order valence-corrected chi connectivity index (χ0v) is 20.9. The molecular weight excluding hydrogens is 483 g/mol. The lowest BCUT2D eigenvalue weighted by molar-refractivity contribution is 0.0949. The van der Waals surface area contributed by atoms with Gasteiger partial charge in [-0.1, -0.05) is 43.0 Å². The van der Waals surface area contributed by atoms with Crippen LogP contribution in [0.1, 0.15) is 26.5 Å². The first-order valence-corrected chi connectivity index (χ1v) is 15.4. The Bertz CT molecular complexity index is 1370. The summed E-state index contributed by atoms with van der Waals surface area (Å²) < 4.78 is 21.6. The number of rotatable bonds is 7. The van der Waals surface area contributed by atoms with Gasteiger partial charge in [0.05, 0.1) is 23.3 Å². The minimum atomic E-state index is -1.30. The SMILES string of the molecule is C[Si](C)(C)CCSC(=O)c1cc(F)cc2c(Cl)c(CNC(=O)c3cnn4cccnc34)oc12. The summed E-state index contributed by atoms with van der Waals surface area (Å²) >= 11 is 7.57. The Morgan fingerprint density at radius 3 is 2.82 bits per heavy atom. The zero-order valence-electron chi connectivity index (χ0n) is 18.3. The standard InChI is InChI=1S/C22H22ClFN4O3SSi/c1-33(2,3)8-7-32-22(30)15-10-13(24)9-14-18(23)17(31-19(14)15)12-26-21(29)16-11-27-28-6-4-5-25-20(16)28/h4-6,9-11H,7-8,12H2,1-3H3,(H,26,29). The predicted octanol–water partition coefficient (Wildman–Crippen LogP) is 5.41. The fourth-order valence-electron chi connectivity index (χ4n) is 3.22. The van der Waals surface area contributed by atoms with Gasteiger partial charge in [0.2, 0.25) is 5.12 Å². The number of amides is 1. The van der Waals surface area contributed by atoms with Gasteiger partial charge in [-0.3, -0.25) is 9.59 Å². The van der Waals surface area contributed by atoms with E-state index in [9.17, 15) is 14.0 Å². The van der Waals surface area contributed by atoms with E-state index in [1.54, 1.807) is 18.5 Å². The highest BCUT2D eigenvalue weighted by atomic mass is 35.5. The average Bonchev–Trinajstić information content (AvgIpc) is 3.32. The maximum absolute atomic E-state index is 14.3. The van der Waals surface area contributed by atoms with Crippen LogP contribution in [0.15, 0.2) is 41.2 Å². The van der Waals surface area contributed by atoms with Crippen molar-refractivity contribution in [2.24, 2.45) is 0 Å². The van der Waals surface area contributed by atoms with Gasteiger partial charge in [0.15, 0.2) is 5.65 Å². The van der Waals surface area contributed by atoms with Gasteiger partial charge >= 0.3 is 0 Å². The summed E-state index contributed by atoms with van der Waals surface area (Å²) in [7, 11) is -1.30. The van der Waals surface area contributed by atoms with E-state index in [4.69, 9.17) is 16.0 Å². The van der Waals surface area contributed by atoms with Crippen LogP contribution in [-0.2, 0) is 6.54 Å². The second kappa shape index (κ2) is 9.28. The summed E-state index contributed by atoms with van der Waals surface area (Å²) in [5, 5.41) is 7.00. The smallest absolute Gasteiger partial charge is 0.257 e. The van der Waals surface area contributed by atoms with E-state index >= 15 is 0 Å². The van der Waals surface area contributed by atoms with Gasteiger partial charge in [-0.05, 0) is 30.0 Å². The second-order valence-corrected chi connectivity index (χ2v) is 15.8. The van der Waals surface area contributed by atoms with Crippen LogP contribution in [0.3, 0.4) is 0 Å². The molecular formula is C22H22ClFN4O3SSi. The summed E-state index contributed by atoms with van der Waals surface area (Å²) in [6, 6.07) is 5.07. The average molecular weight is 505 g/mol. The van der Waals surface area contributed by atoms with Crippen molar-refractivity contribution in [2.75, 3.05) is 5.75 Å². The molecule has 0 aliphatic carbocycles. The van der Waals surface area contributed by atoms with Gasteiger partial charge in [0.1, 0.15) is 22.7 Å². The molecule has 0 saturated heterocycles. The normalized spacial score (nSPS) is 11.9. The Morgan fingerprint density at radius 1 is 1.27 bits per heavy atom. The minimum Gasteiger partial charge on any atom is -0.457 e. The van der Waals surface area contributed by atoms with Crippen LogP contribution >= 0.6 is 23.4 Å². The number of nitrogens with zero attached hydrogens (tertiary/aromatic N) is 3. The Kier molecular flexibility index (Phi) is 6.60. The van der Waals surface area contributed by atoms with Crippen molar-refractivity contribution in [3.05, 3.63) is 64.5 Å². The molecule has 3 heterocycles. The summed E-state index contributed by atoms with van der Waals surface area (Å²) in [6.07, 6.45) is 4.67. The first-order valence-electron chi connectivity index (χ1n) is 10.3. The molecule has 4 rings (SSSR count). The molecule has 0 saturated carbocycles. The highest BCUT2D eigenvalue weighted by Crippen LogP contribution is 2.35. The minimum absolute atomic E-state index is 0.0471. The van der Waals surface area contributed by atoms with Crippen LogP contribution in [0.4, 0.5) is 4.39 Å². The molecule has 33 heavy (non-hydrogen) atoms. The van der Waals surface area contributed by atoms with E-state index in [0.29, 0.717) is 22.3 Å². The highest BCUT2D eigenvalue weighted by Gasteiger charge is 2.23. The number of halogens is 2. The third-order valence-electron chi connectivity index (χ3n) is 5.00. The van der Waals surface area contributed by atoms with E-state index < -0.39 is 19.8 Å². The quantitative estimate of drug-likeness (QED) is 0.338. The van der Waals surface area contributed by atoms with Crippen LogP contribution in [-0.4, -0.2) is 39.4 Å². The number of fused-ring (bicyclic) bond motifs is 2. The number of carbonyl (C=O) groups is 2. The van der Waals surface area contributed by atoms with E-state index in [0.717, 1.165) is 17.8 Å². The lowest BCUT2D eigenvalue weighted by Gasteiger charge is -2.14. The zero-order chi connectivity index (χ0) is 23.8. The van der Waals surface area contributed by atoms with Gasteiger partial charge in [0.25, 0.3) is 5.91 Å². The van der Waals surface area contributed by atoms with E-state index in [1.807, 2.05) is 0 Å². The van der Waals surface area contributed by atoms with Crippen molar-refractivity contribution in [1.82, 2.24) is 19.9 Å². The number of hydrogen-bond donors (Lipinski definition) is 1. The molecule has 0 bridgehead atoms. The molecule has 0 fully saturated rings. The van der Waals surface area contributed by atoms with Crippen LogP contribution < -0.4 is 5.32 Å². The molecule has 4 aromatic rings. The largest absolute Gasteiger partial charge is 0.457 e. The molecule has 0 atom stereocenters. The number of aromatic nitrogens is 3. The Labute approximate surface area is 199 Å². The van der Waals surface area contributed by atoms with Crippen LogP contribution in [0, 0.1) is 5.82 Å². The van der Waals surface area contributed by atoms with Crippen molar-refractivity contribution >= 4 is 59.1 Å². The summed E-state index contributed by atoms with van der Waals surface area (Å²) in [5.41, 5.74) is 1.06. The fraction of sp³-hybridized carbons (Fsp3) is 0.273. The summed E-state index contributed by atoms with van der Waals surface area (Å²) in [4.78, 5) is 29.6. The lowest BCUT2D eigenvalue weighted by atomic mass is 10.1. The molecule has 1 amide bonds. The number of carbonyl (C=O) groups excluding carboxylic acids is 2. The van der Waals surface area contributed by atoms with Crippen molar-refractivity contribution in [1.29, 1.82) is 0 Å². The van der Waals surface area contributed by atoms with E-state index in [2.05, 4.69) is 35.0 Å². The Balaban J connectivity index is 1.55. The summed E-state index contributed by atoms with van der Waals surface area (Å²) in [6.45, 7) is 6.64. The lowest BCUT2D eigenvalue weighted by Crippen LogP contribution is -2.22. The van der Waals surface area contributed by atoms with Crippen molar-refractivity contribution in [2.45, 2.75) is 32.2 Å². The molecule has 0 unspecified atom stereocenters. The fourth-order valence-corrected chi connectivity index (χ4v) is 6.82. The molecule has 7 nitrogen and oxygen atoms in total. The van der Waals surface area contributed by atoms with Crippen molar-refractivity contribution < 1.29 is 18.4 Å². The topological polar surface area (TPSA) is 89.5 Å².